The van der Waals surface area contributed by atoms with Gasteiger partial charge in [-0.1, -0.05) is 11.6 Å². The Labute approximate surface area is 116 Å². The van der Waals surface area contributed by atoms with Crippen LogP contribution in [0.15, 0.2) is 6.20 Å². The number of fused-ring (bicyclic) bond motifs is 3. The Bertz CT molecular complexity index is 710. The molecule has 4 nitrogen and oxygen atoms in total. The smallest absolute Gasteiger partial charge is 0.371 e. The Morgan fingerprint density at radius 2 is 2.05 bits per heavy atom. The van der Waals surface area contributed by atoms with Crippen LogP contribution in [0.25, 0.3) is 5.65 Å². The average Bonchev–Trinajstić information content (AvgIpc) is 2.76. The predicted molar refractivity (Wildman–Crippen MR) is 64.6 cm³/mol. The molecule has 1 unspecified atom stereocenters. The maximum atomic E-state index is 13.7. The van der Waals surface area contributed by atoms with Gasteiger partial charge in [0.25, 0.3) is 0 Å². The van der Waals surface area contributed by atoms with Crippen LogP contribution in [0.2, 0.25) is 5.15 Å². The zero-order valence-electron chi connectivity index (χ0n) is 10.5. The fourth-order valence-electron chi connectivity index (χ4n) is 2.58. The van der Waals surface area contributed by atoms with Gasteiger partial charge in [-0.15, -0.1) is 0 Å². The molecule has 0 amide bonds. The second-order valence-electron chi connectivity index (χ2n) is 5.02. The van der Waals surface area contributed by atoms with Crippen LogP contribution in [0.4, 0.5) is 23.2 Å². The van der Waals surface area contributed by atoms with Crippen molar-refractivity contribution < 1.29 is 17.6 Å². The Morgan fingerprint density at radius 3 is 2.65 bits per heavy atom. The molecule has 3 rings (SSSR count). The maximum Gasteiger partial charge on any atom is 0.401 e. The molecule has 0 N–H and O–H groups in total. The molecule has 0 bridgehead atoms. The van der Waals surface area contributed by atoms with Crippen molar-refractivity contribution in [2.75, 3.05) is 18.5 Å². The molecule has 0 spiro atoms. The molecule has 2 aromatic heterocycles. The Balaban J connectivity index is 2.41. The van der Waals surface area contributed by atoms with E-state index < -0.39 is 22.6 Å². The summed E-state index contributed by atoms with van der Waals surface area (Å²) in [5.41, 5.74) is -2.36. The van der Waals surface area contributed by atoms with Crippen LogP contribution in [-0.4, -0.2) is 34.4 Å². The van der Waals surface area contributed by atoms with E-state index in [1.807, 2.05) is 0 Å². The summed E-state index contributed by atoms with van der Waals surface area (Å²) < 4.78 is 54.8. The van der Waals surface area contributed by atoms with Crippen LogP contribution < -0.4 is 4.90 Å². The molecule has 20 heavy (non-hydrogen) atoms. The third-order valence-corrected chi connectivity index (χ3v) is 3.88. The highest BCUT2D eigenvalue weighted by Crippen LogP contribution is 2.49. The fraction of sp³-hybridized carbons (Fsp3) is 0.455. The minimum atomic E-state index is -4.50. The molecule has 0 aliphatic carbocycles. The Morgan fingerprint density at radius 1 is 1.40 bits per heavy atom. The normalized spacial score (nSPS) is 22.6. The predicted octanol–water partition coefficient (Wildman–Crippen LogP) is 2.79. The lowest BCUT2D eigenvalue weighted by atomic mass is 9.88. The van der Waals surface area contributed by atoms with Crippen molar-refractivity contribution in [2.24, 2.45) is 0 Å². The summed E-state index contributed by atoms with van der Waals surface area (Å²) in [4.78, 5) is 5.22. The van der Waals surface area contributed by atoms with E-state index >= 15 is 0 Å². The van der Waals surface area contributed by atoms with Crippen LogP contribution in [0.3, 0.4) is 0 Å². The second-order valence-corrected chi connectivity index (χ2v) is 5.38. The van der Waals surface area contributed by atoms with Gasteiger partial charge in [0.15, 0.2) is 10.8 Å². The van der Waals surface area contributed by atoms with E-state index in [2.05, 4.69) is 10.1 Å². The van der Waals surface area contributed by atoms with Gasteiger partial charge in [0.2, 0.25) is 5.82 Å². The number of hydrogen-bond acceptors (Lipinski definition) is 3. The van der Waals surface area contributed by atoms with Gasteiger partial charge in [-0.2, -0.15) is 22.7 Å². The van der Waals surface area contributed by atoms with E-state index in [0.29, 0.717) is 0 Å². The average molecular weight is 309 g/mol. The van der Waals surface area contributed by atoms with E-state index in [9.17, 15) is 17.6 Å². The maximum absolute atomic E-state index is 13.7. The summed E-state index contributed by atoms with van der Waals surface area (Å²) in [5.74, 6) is -0.923. The summed E-state index contributed by atoms with van der Waals surface area (Å²) in [6.07, 6.45) is -3.29. The number of likely N-dealkylation sites (N-methyl/N-ethyl adjacent to an activating group) is 1. The van der Waals surface area contributed by atoms with Crippen LogP contribution in [0.1, 0.15) is 12.6 Å². The van der Waals surface area contributed by atoms with Gasteiger partial charge >= 0.3 is 6.18 Å². The van der Waals surface area contributed by atoms with Crippen molar-refractivity contribution in [1.29, 1.82) is 0 Å². The van der Waals surface area contributed by atoms with Gasteiger partial charge in [-0.25, -0.2) is 9.50 Å². The minimum Gasteiger partial charge on any atom is -0.371 e. The molecular weight excluding hydrogens is 300 g/mol. The van der Waals surface area contributed by atoms with Crippen LogP contribution >= 0.6 is 11.6 Å². The highest BCUT2D eigenvalue weighted by molar-refractivity contribution is 6.29. The first-order valence-corrected chi connectivity index (χ1v) is 6.05. The lowest BCUT2D eigenvalue weighted by molar-refractivity contribution is -0.181. The standard InChI is InChI=1S/C11H9ClF4N4/c1-10(11(14,15)16)4-19(2)5-3-17-9-6(13)8(12)18-20(9)7(5)10/h3H,4H2,1-2H3. The molecule has 0 saturated carbocycles. The molecule has 0 fully saturated rings. The number of halogens is 5. The van der Waals surface area contributed by atoms with Crippen LogP contribution in [-0.2, 0) is 5.41 Å². The highest BCUT2D eigenvalue weighted by atomic mass is 35.5. The first-order valence-electron chi connectivity index (χ1n) is 5.68. The number of nitrogens with zero attached hydrogens (tertiary/aromatic N) is 4. The van der Waals surface area contributed by atoms with Crippen LogP contribution in [0.5, 0.6) is 0 Å². The van der Waals surface area contributed by atoms with E-state index in [1.165, 1.54) is 18.1 Å². The third-order valence-electron chi connectivity index (χ3n) is 3.64. The first kappa shape index (κ1) is 13.4. The largest absolute Gasteiger partial charge is 0.401 e. The van der Waals surface area contributed by atoms with Gasteiger partial charge < -0.3 is 4.90 Å². The Hall–Kier alpha value is -1.57. The number of rotatable bonds is 0. The first-order chi connectivity index (χ1) is 9.17. The number of alkyl halides is 3. The molecule has 9 heteroatoms. The zero-order valence-corrected chi connectivity index (χ0v) is 11.2. The van der Waals surface area contributed by atoms with Crippen LogP contribution in [0, 0.1) is 5.82 Å². The van der Waals surface area contributed by atoms with Gasteiger partial charge in [0.05, 0.1) is 17.6 Å². The van der Waals surface area contributed by atoms with Gasteiger partial charge in [0.1, 0.15) is 5.41 Å². The second kappa shape index (κ2) is 3.75. The van der Waals surface area contributed by atoms with Crippen molar-refractivity contribution in [3.63, 3.8) is 0 Å². The van der Waals surface area contributed by atoms with E-state index in [4.69, 9.17) is 11.6 Å². The van der Waals surface area contributed by atoms with E-state index in [-0.39, 0.29) is 23.6 Å². The summed E-state index contributed by atoms with van der Waals surface area (Å²) >= 11 is 5.56. The SMILES string of the molecule is CN1CC(C)(C(F)(F)F)c2c1cnc1c(F)c(Cl)nn21. The number of aromatic nitrogens is 3. The highest BCUT2D eigenvalue weighted by Gasteiger charge is 2.59. The van der Waals surface area contributed by atoms with Gasteiger partial charge in [-0.05, 0) is 6.92 Å². The van der Waals surface area contributed by atoms with Gasteiger partial charge in [-0.3, -0.25) is 0 Å². The third kappa shape index (κ3) is 1.48. The minimum absolute atomic E-state index is 0.150. The molecule has 1 atom stereocenters. The van der Waals surface area contributed by atoms with Gasteiger partial charge in [0, 0.05) is 13.6 Å². The number of hydrogen-bond donors (Lipinski definition) is 0. The molecule has 0 aromatic carbocycles. The summed E-state index contributed by atoms with van der Waals surface area (Å²) in [6.45, 7) is 0.772. The molecular formula is C11H9ClF4N4. The molecule has 0 radical (unpaired) electrons. The molecule has 1 aliphatic heterocycles. The van der Waals surface area contributed by atoms with E-state index in [1.54, 1.807) is 0 Å². The Kier molecular flexibility index (Phi) is 2.51. The molecule has 1 aliphatic rings. The number of anilines is 1. The molecule has 2 aromatic rings. The summed E-state index contributed by atoms with van der Waals surface area (Å²) in [6, 6.07) is 0. The monoisotopic (exact) mass is 308 g/mol. The lowest BCUT2D eigenvalue weighted by Crippen LogP contribution is -2.43. The van der Waals surface area contributed by atoms with E-state index in [0.717, 1.165) is 11.4 Å². The fourth-order valence-corrected chi connectivity index (χ4v) is 2.74. The van der Waals surface area contributed by atoms with Crippen molar-refractivity contribution in [2.45, 2.75) is 18.5 Å². The van der Waals surface area contributed by atoms with Crippen molar-refractivity contribution >= 4 is 22.9 Å². The molecule has 3 heterocycles. The van der Waals surface area contributed by atoms with Crippen molar-refractivity contribution in [1.82, 2.24) is 14.6 Å². The lowest BCUT2D eigenvalue weighted by Gasteiger charge is -2.27. The summed E-state index contributed by atoms with van der Waals surface area (Å²) in [7, 11) is 1.52. The quantitative estimate of drug-likeness (QED) is 0.702. The van der Waals surface area contributed by atoms with Crippen molar-refractivity contribution in [3.8, 4) is 0 Å². The molecule has 108 valence electrons. The van der Waals surface area contributed by atoms with Crippen molar-refractivity contribution in [3.05, 3.63) is 22.9 Å². The molecule has 0 saturated heterocycles. The topological polar surface area (TPSA) is 33.4 Å². The zero-order chi connectivity index (χ0) is 14.9. The summed E-state index contributed by atoms with van der Waals surface area (Å²) in [5, 5.41) is 3.15.